The number of aryl methyl sites for hydroxylation is 1. The van der Waals surface area contributed by atoms with Gasteiger partial charge in [-0.15, -0.1) is 0 Å². The van der Waals surface area contributed by atoms with Gasteiger partial charge in [0.25, 0.3) is 11.8 Å². The van der Waals surface area contributed by atoms with Gasteiger partial charge in [-0.1, -0.05) is 54.1 Å². The maximum absolute atomic E-state index is 14.0. The smallest absolute Gasteiger partial charge is 0.273 e. The van der Waals surface area contributed by atoms with Gasteiger partial charge in [-0.2, -0.15) is 0 Å². The number of imide groups is 2. The number of barbiturate groups is 1. The Balaban J connectivity index is 1.66. The molecular weight excluding hydrogens is 443 g/mol. The number of benzene rings is 3. The number of nitrogens with one attached hydrogen (secondary N) is 1. The molecule has 1 N–H and O–H groups in total. The Morgan fingerprint density at radius 2 is 1.73 bits per heavy atom. The number of anilines is 1. The van der Waals surface area contributed by atoms with E-state index in [0.717, 1.165) is 16.0 Å². The van der Waals surface area contributed by atoms with Crippen molar-refractivity contribution in [2.45, 2.75) is 20.3 Å². The normalized spacial score (nSPS) is 15.2. The van der Waals surface area contributed by atoms with E-state index in [1.165, 1.54) is 12.1 Å². The van der Waals surface area contributed by atoms with Gasteiger partial charge in [0.2, 0.25) is 0 Å². The monoisotopic (exact) mass is 462 g/mol. The molecule has 4 rings (SSSR count). The van der Waals surface area contributed by atoms with E-state index in [0.29, 0.717) is 33.8 Å². The number of rotatable bonds is 4. The number of halogens is 2. The van der Waals surface area contributed by atoms with Crippen molar-refractivity contribution in [1.82, 2.24) is 5.32 Å². The molecule has 166 valence electrons. The van der Waals surface area contributed by atoms with Crippen LogP contribution in [-0.2, 0) is 16.0 Å². The van der Waals surface area contributed by atoms with Gasteiger partial charge in [-0.25, -0.2) is 14.1 Å². The highest BCUT2D eigenvalue weighted by Gasteiger charge is 2.37. The zero-order valence-electron chi connectivity index (χ0n) is 18.0. The van der Waals surface area contributed by atoms with Crippen molar-refractivity contribution in [3.05, 3.63) is 105 Å². The first kappa shape index (κ1) is 22.4. The molecule has 0 radical (unpaired) electrons. The van der Waals surface area contributed by atoms with Crippen LogP contribution in [0.15, 0.2) is 66.2 Å². The van der Waals surface area contributed by atoms with E-state index in [2.05, 4.69) is 5.32 Å². The largest absolute Gasteiger partial charge is 0.335 e. The van der Waals surface area contributed by atoms with Crippen molar-refractivity contribution >= 4 is 41.2 Å². The molecule has 1 heterocycles. The summed E-state index contributed by atoms with van der Waals surface area (Å²) in [6.07, 6.45) is 1.69. The number of urea groups is 1. The Labute approximate surface area is 195 Å². The zero-order chi connectivity index (χ0) is 23.7. The summed E-state index contributed by atoms with van der Waals surface area (Å²) in [6, 6.07) is 15.9. The molecule has 0 spiro atoms. The number of nitrogens with zero attached hydrogens (tertiary/aromatic N) is 1. The van der Waals surface area contributed by atoms with Crippen LogP contribution < -0.4 is 10.2 Å². The Morgan fingerprint density at radius 3 is 2.45 bits per heavy atom. The molecule has 7 heteroatoms. The molecule has 1 aliphatic rings. The first-order chi connectivity index (χ1) is 15.8. The average molecular weight is 463 g/mol. The second-order valence-corrected chi connectivity index (χ2v) is 8.20. The topological polar surface area (TPSA) is 66.5 Å². The average Bonchev–Trinajstić information content (AvgIpc) is 2.77. The van der Waals surface area contributed by atoms with E-state index < -0.39 is 17.8 Å². The van der Waals surface area contributed by atoms with Gasteiger partial charge < -0.3 is 0 Å². The summed E-state index contributed by atoms with van der Waals surface area (Å²) < 4.78 is 14.0. The van der Waals surface area contributed by atoms with Gasteiger partial charge in [-0.05, 0) is 65.9 Å². The van der Waals surface area contributed by atoms with Gasteiger partial charge in [0.05, 0.1) is 5.69 Å². The lowest BCUT2D eigenvalue weighted by Crippen LogP contribution is -2.54. The molecule has 0 unspecified atom stereocenters. The van der Waals surface area contributed by atoms with E-state index in [1.54, 1.807) is 55.5 Å². The Bertz CT molecular complexity index is 1330. The van der Waals surface area contributed by atoms with Crippen molar-refractivity contribution in [2.75, 3.05) is 4.90 Å². The molecule has 3 aromatic carbocycles. The Morgan fingerprint density at radius 1 is 0.970 bits per heavy atom. The summed E-state index contributed by atoms with van der Waals surface area (Å²) in [5, 5.41) is 2.60. The van der Waals surface area contributed by atoms with Crippen LogP contribution in [0.3, 0.4) is 0 Å². The molecule has 0 saturated carbocycles. The van der Waals surface area contributed by atoms with Crippen LogP contribution in [0.5, 0.6) is 0 Å². The Kier molecular flexibility index (Phi) is 6.11. The van der Waals surface area contributed by atoms with Crippen molar-refractivity contribution in [3.8, 4) is 0 Å². The van der Waals surface area contributed by atoms with E-state index in [-0.39, 0.29) is 11.4 Å². The summed E-state index contributed by atoms with van der Waals surface area (Å²) in [7, 11) is 0. The molecule has 4 amide bonds. The quantitative estimate of drug-likeness (QED) is 0.419. The molecule has 0 aliphatic carbocycles. The fourth-order valence-corrected chi connectivity index (χ4v) is 3.92. The van der Waals surface area contributed by atoms with Crippen LogP contribution in [0.25, 0.3) is 6.08 Å². The predicted octanol–water partition coefficient (Wildman–Crippen LogP) is 5.35. The lowest BCUT2D eigenvalue weighted by Gasteiger charge is -2.28. The molecule has 33 heavy (non-hydrogen) atoms. The predicted molar refractivity (Wildman–Crippen MR) is 126 cm³/mol. The van der Waals surface area contributed by atoms with Gasteiger partial charge in [0.15, 0.2) is 0 Å². The van der Waals surface area contributed by atoms with Crippen LogP contribution in [0.1, 0.15) is 27.8 Å². The second kappa shape index (κ2) is 9.00. The SMILES string of the molecule is Cc1cccc(N2C(=O)NC(=O)/C(=C\c3ccc(Cc4ccccc4F)c(Cl)c3)C2=O)c1C. The number of amides is 4. The highest BCUT2D eigenvalue weighted by Crippen LogP contribution is 2.28. The molecule has 1 saturated heterocycles. The minimum absolute atomic E-state index is 0.187. The van der Waals surface area contributed by atoms with Crippen LogP contribution in [-0.4, -0.2) is 17.8 Å². The summed E-state index contributed by atoms with van der Waals surface area (Å²) in [5.74, 6) is -1.82. The minimum Gasteiger partial charge on any atom is -0.273 e. The standard InChI is InChI=1S/C26H20ClFN2O3/c1-15-6-5-9-23(16(15)2)30-25(32)20(24(31)29-26(30)33)12-17-10-11-18(21(27)13-17)14-19-7-3-4-8-22(19)28/h3-13H,14H2,1-2H3,(H,29,31,33)/b20-12+. The number of carbonyl (C=O) groups is 3. The molecule has 0 atom stereocenters. The molecule has 0 bridgehead atoms. The summed E-state index contributed by atoms with van der Waals surface area (Å²) in [4.78, 5) is 39.0. The van der Waals surface area contributed by atoms with Crippen molar-refractivity contribution < 1.29 is 18.8 Å². The van der Waals surface area contributed by atoms with Crippen LogP contribution in [0.2, 0.25) is 5.02 Å². The second-order valence-electron chi connectivity index (χ2n) is 7.80. The molecule has 3 aromatic rings. The number of carbonyl (C=O) groups excluding carboxylic acids is 3. The van der Waals surface area contributed by atoms with Gasteiger partial charge in [0, 0.05) is 11.4 Å². The van der Waals surface area contributed by atoms with Gasteiger partial charge in [-0.3, -0.25) is 14.9 Å². The molecule has 5 nitrogen and oxygen atoms in total. The lowest BCUT2D eigenvalue weighted by atomic mass is 10.0. The first-order valence-electron chi connectivity index (χ1n) is 10.3. The van der Waals surface area contributed by atoms with E-state index in [9.17, 15) is 18.8 Å². The third-order valence-electron chi connectivity index (χ3n) is 5.65. The lowest BCUT2D eigenvalue weighted by molar-refractivity contribution is -0.122. The van der Waals surface area contributed by atoms with Crippen molar-refractivity contribution in [3.63, 3.8) is 0 Å². The van der Waals surface area contributed by atoms with E-state index >= 15 is 0 Å². The molecule has 1 aliphatic heterocycles. The maximum atomic E-state index is 14.0. The molecule has 1 fully saturated rings. The van der Waals surface area contributed by atoms with Crippen molar-refractivity contribution in [2.24, 2.45) is 0 Å². The van der Waals surface area contributed by atoms with Crippen LogP contribution >= 0.6 is 11.6 Å². The third kappa shape index (κ3) is 4.43. The fraction of sp³-hybridized carbons (Fsp3) is 0.115. The van der Waals surface area contributed by atoms with Crippen LogP contribution in [0.4, 0.5) is 14.9 Å². The highest BCUT2D eigenvalue weighted by atomic mass is 35.5. The highest BCUT2D eigenvalue weighted by molar-refractivity contribution is 6.39. The summed E-state index contributed by atoms with van der Waals surface area (Å²) in [5.41, 5.74) is 3.61. The number of hydrogen-bond acceptors (Lipinski definition) is 3. The fourth-order valence-electron chi connectivity index (χ4n) is 3.66. The maximum Gasteiger partial charge on any atom is 0.335 e. The first-order valence-corrected chi connectivity index (χ1v) is 10.6. The molecule has 0 aromatic heterocycles. The van der Waals surface area contributed by atoms with E-state index in [4.69, 9.17) is 11.6 Å². The number of hydrogen-bond donors (Lipinski definition) is 1. The van der Waals surface area contributed by atoms with Crippen LogP contribution in [0, 0.1) is 19.7 Å². The van der Waals surface area contributed by atoms with Gasteiger partial charge >= 0.3 is 6.03 Å². The summed E-state index contributed by atoms with van der Waals surface area (Å²) >= 11 is 6.41. The van der Waals surface area contributed by atoms with Gasteiger partial charge in [0.1, 0.15) is 11.4 Å². The minimum atomic E-state index is -0.797. The summed E-state index contributed by atoms with van der Waals surface area (Å²) in [6.45, 7) is 3.68. The van der Waals surface area contributed by atoms with Crippen molar-refractivity contribution in [1.29, 1.82) is 0 Å². The third-order valence-corrected chi connectivity index (χ3v) is 6.00. The zero-order valence-corrected chi connectivity index (χ0v) is 18.7. The van der Waals surface area contributed by atoms with E-state index in [1.807, 2.05) is 13.0 Å². The Hall–Kier alpha value is -3.77. The molecular formula is C26H20ClFN2O3.